The first-order valence-corrected chi connectivity index (χ1v) is 9.08. The van der Waals surface area contributed by atoms with Gasteiger partial charge in [0, 0.05) is 11.8 Å². The number of hydrogen-bond donors (Lipinski definition) is 2. The highest BCUT2D eigenvalue weighted by atomic mass is 32.1. The Balaban J connectivity index is 1.58. The zero-order chi connectivity index (χ0) is 19.5. The van der Waals surface area contributed by atoms with Gasteiger partial charge in [-0.3, -0.25) is 4.79 Å². The van der Waals surface area contributed by atoms with Crippen LogP contribution in [0, 0.1) is 6.92 Å². The van der Waals surface area contributed by atoms with E-state index in [9.17, 15) is 9.90 Å². The zero-order valence-corrected chi connectivity index (χ0v) is 15.5. The number of nitrogens with one attached hydrogen (secondary N) is 1. The molecule has 2 heterocycles. The van der Waals surface area contributed by atoms with Crippen LogP contribution in [0.3, 0.4) is 0 Å². The molecule has 8 nitrogen and oxygen atoms in total. The maximum Gasteiger partial charge on any atom is 0.255 e. The summed E-state index contributed by atoms with van der Waals surface area (Å²) in [6.45, 7) is 1.79. The number of aromatic hydroxyl groups is 1. The Labute approximate surface area is 163 Å². The van der Waals surface area contributed by atoms with Crippen LogP contribution in [-0.2, 0) is 0 Å². The zero-order valence-electron chi connectivity index (χ0n) is 14.7. The lowest BCUT2D eigenvalue weighted by molar-refractivity contribution is 0.102. The van der Waals surface area contributed by atoms with Crippen molar-refractivity contribution < 1.29 is 9.90 Å². The summed E-state index contributed by atoms with van der Waals surface area (Å²) >= 11 is 1.17. The van der Waals surface area contributed by atoms with Crippen molar-refractivity contribution in [3.63, 3.8) is 0 Å². The van der Waals surface area contributed by atoms with Gasteiger partial charge in [0.2, 0.25) is 0 Å². The number of aromatic nitrogens is 3. The first-order valence-electron chi connectivity index (χ1n) is 8.30. The number of azo groups is 1. The monoisotopic (exact) mass is 390 g/mol. The molecule has 0 fully saturated rings. The second-order valence-electron chi connectivity index (χ2n) is 5.86. The normalized spacial score (nSPS) is 11.2. The number of fused-ring (bicyclic) bond motifs is 1. The molecule has 4 aromatic rings. The highest BCUT2D eigenvalue weighted by Crippen LogP contribution is 2.33. The smallest absolute Gasteiger partial charge is 0.255 e. The quantitative estimate of drug-likeness (QED) is 0.385. The average Bonchev–Trinajstić information content (AvgIpc) is 3.11. The summed E-state index contributed by atoms with van der Waals surface area (Å²) in [5, 5.41) is 22.4. The Morgan fingerprint density at radius 1 is 1.14 bits per heavy atom. The molecule has 28 heavy (non-hydrogen) atoms. The molecule has 0 spiro atoms. The van der Waals surface area contributed by atoms with E-state index in [1.54, 1.807) is 49.5 Å². The predicted molar refractivity (Wildman–Crippen MR) is 107 cm³/mol. The minimum absolute atomic E-state index is 0.0599. The van der Waals surface area contributed by atoms with Gasteiger partial charge in [-0.15, -0.1) is 10.2 Å². The van der Waals surface area contributed by atoms with Crippen molar-refractivity contribution in [1.29, 1.82) is 0 Å². The van der Waals surface area contributed by atoms with Crippen molar-refractivity contribution in [3.8, 4) is 5.75 Å². The molecule has 2 aromatic heterocycles. The molecular formula is C19H14N6O2S. The number of amides is 1. The van der Waals surface area contributed by atoms with Crippen LogP contribution in [0.2, 0.25) is 0 Å². The predicted octanol–water partition coefficient (Wildman–Crippen LogP) is 4.77. The number of phenols is 1. The molecule has 9 heteroatoms. The number of rotatable bonds is 4. The molecule has 0 aliphatic carbocycles. The molecule has 0 bridgehead atoms. The first-order chi connectivity index (χ1) is 13.6. The fraction of sp³-hybridized carbons (Fsp3) is 0.0526. The molecule has 138 valence electrons. The SMILES string of the molecule is Cc1ncc2c(N=Nc3ccc(O)c(NC(=O)c4ccccc4)c3)snc2n1. The standard InChI is InChI=1S/C19H14N6O2S/c1-11-20-10-14-17(21-11)25-28-19(14)24-23-13-7-8-16(26)15(9-13)22-18(27)12-5-3-2-4-6-12/h2-10,26H,1H3,(H,22,27). The van der Waals surface area contributed by atoms with Gasteiger partial charge in [0.15, 0.2) is 10.6 Å². The fourth-order valence-corrected chi connectivity index (χ4v) is 3.09. The molecule has 1 amide bonds. The van der Waals surface area contributed by atoms with Crippen molar-refractivity contribution in [2.24, 2.45) is 10.2 Å². The van der Waals surface area contributed by atoms with Crippen molar-refractivity contribution in [2.75, 3.05) is 5.32 Å². The summed E-state index contributed by atoms with van der Waals surface area (Å²) in [7, 11) is 0. The summed E-state index contributed by atoms with van der Waals surface area (Å²) in [4.78, 5) is 20.7. The Morgan fingerprint density at radius 3 is 2.79 bits per heavy atom. The number of carbonyl (C=O) groups is 1. The van der Waals surface area contributed by atoms with E-state index in [-0.39, 0.29) is 17.3 Å². The largest absolute Gasteiger partial charge is 0.506 e. The Morgan fingerprint density at radius 2 is 1.96 bits per heavy atom. The maximum atomic E-state index is 12.3. The maximum absolute atomic E-state index is 12.3. The topological polar surface area (TPSA) is 113 Å². The van der Waals surface area contributed by atoms with Crippen LogP contribution >= 0.6 is 11.5 Å². The van der Waals surface area contributed by atoms with Crippen LogP contribution in [-0.4, -0.2) is 25.4 Å². The molecule has 4 rings (SSSR count). The highest BCUT2D eigenvalue weighted by molar-refractivity contribution is 7.11. The van der Waals surface area contributed by atoms with E-state index in [1.165, 1.54) is 17.6 Å². The van der Waals surface area contributed by atoms with Crippen LogP contribution in [0.4, 0.5) is 16.4 Å². The van der Waals surface area contributed by atoms with Crippen molar-refractivity contribution in [3.05, 3.63) is 66.1 Å². The number of phenolic OH excluding ortho intramolecular Hbond substituents is 1. The van der Waals surface area contributed by atoms with Gasteiger partial charge in [-0.05, 0) is 48.8 Å². The highest BCUT2D eigenvalue weighted by Gasteiger charge is 2.10. The van der Waals surface area contributed by atoms with E-state index in [4.69, 9.17) is 0 Å². The van der Waals surface area contributed by atoms with Crippen LogP contribution in [0.15, 0.2) is 65.0 Å². The molecule has 0 saturated carbocycles. The number of anilines is 1. The van der Waals surface area contributed by atoms with Gasteiger partial charge in [0.1, 0.15) is 11.6 Å². The van der Waals surface area contributed by atoms with Gasteiger partial charge in [-0.25, -0.2) is 9.97 Å². The molecule has 0 atom stereocenters. The number of aryl methyl sites for hydroxylation is 1. The lowest BCUT2D eigenvalue weighted by Gasteiger charge is -2.07. The van der Waals surface area contributed by atoms with Crippen molar-refractivity contribution in [2.45, 2.75) is 6.92 Å². The minimum Gasteiger partial charge on any atom is -0.506 e. The van der Waals surface area contributed by atoms with E-state index in [0.29, 0.717) is 27.7 Å². The second kappa shape index (κ2) is 7.49. The molecule has 0 saturated heterocycles. The summed E-state index contributed by atoms with van der Waals surface area (Å²) in [6, 6.07) is 13.3. The van der Waals surface area contributed by atoms with E-state index in [2.05, 4.69) is 29.9 Å². The van der Waals surface area contributed by atoms with Gasteiger partial charge < -0.3 is 10.4 Å². The molecule has 0 radical (unpaired) electrons. The average molecular weight is 390 g/mol. The third-order valence-corrected chi connectivity index (χ3v) is 4.60. The lowest BCUT2D eigenvalue weighted by Crippen LogP contribution is -2.11. The first kappa shape index (κ1) is 17.7. The second-order valence-corrected chi connectivity index (χ2v) is 6.62. The summed E-state index contributed by atoms with van der Waals surface area (Å²) in [5.41, 5.74) is 1.78. The third kappa shape index (κ3) is 3.69. The van der Waals surface area contributed by atoms with Gasteiger partial charge in [0.05, 0.1) is 16.8 Å². The minimum atomic E-state index is -0.328. The van der Waals surface area contributed by atoms with E-state index in [1.807, 2.05) is 6.07 Å². The summed E-state index contributed by atoms with van der Waals surface area (Å²) < 4.78 is 4.24. The molecule has 0 aliphatic heterocycles. The van der Waals surface area contributed by atoms with Crippen LogP contribution in [0.5, 0.6) is 5.75 Å². The van der Waals surface area contributed by atoms with Crippen molar-refractivity contribution >= 4 is 44.8 Å². The summed E-state index contributed by atoms with van der Waals surface area (Å²) in [5.74, 6) is 0.250. The van der Waals surface area contributed by atoms with E-state index in [0.717, 1.165) is 5.39 Å². The number of hydrogen-bond acceptors (Lipinski definition) is 8. The van der Waals surface area contributed by atoms with Crippen LogP contribution in [0.1, 0.15) is 16.2 Å². The Hall–Kier alpha value is -3.72. The van der Waals surface area contributed by atoms with E-state index >= 15 is 0 Å². The summed E-state index contributed by atoms with van der Waals surface area (Å²) in [6.07, 6.45) is 1.66. The van der Waals surface area contributed by atoms with Crippen LogP contribution < -0.4 is 5.32 Å². The van der Waals surface area contributed by atoms with Crippen molar-refractivity contribution in [1.82, 2.24) is 14.3 Å². The number of benzene rings is 2. The van der Waals surface area contributed by atoms with Gasteiger partial charge in [-0.1, -0.05) is 18.2 Å². The lowest BCUT2D eigenvalue weighted by atomic mass is 10.2. The van der Waals surface area contributed by atoms with Gasteiger partial charge in [0.25, 0.3) is 5.91 Å². The number of carbonyl (C=O) groups excluding carboxylic acids is 1. The number of nitrogens with zero attached hydrogens (tertiary/aromatic N) is 5. The van der Waals surface area contributed by atoms with E-state index < -0.39 is 0 Å². The molecular weight excluding hydrogens is 376 g/mol. The molecule has 2 aromatic carbocycles. The van der Waals surface area contributed by atoms with Gasteiger partial charge >= 0.3 is 0 Å². The van der Waals surface area contributed by atoms with Gasteiger partial charge in [-0.2, -0.15) is 4.37 Å². The molecule has 0 unspecified atom stereocenters. The van der Waals surface area contributed by atoms with Crippen LogP contribution in [0.25, 0.3) is 11.0 Å². The third-order valence-electron chi connectivity index (χ3n) is 3.86. The fourth-order valence-electron chi connectivity index (χ4n) is 2.46. The molecule has 0 aliphatic rings. The Kier molecular flexibility index (Phi) is 4.73. The molecule has 2 N–H and O–H groups in total. The Bertz CT molecular complexity index is 1190.